The van der Waals surface area contributed by atoms with E-state index in [-0.39, 0.29) is 5.91 Å². The third kappa shape index (κ3) is 4.35. The SMILES string of the molecule is COc1ccccc1C(=O)N1CCN(c2ncnc3c2c(-c2ccccc2)cn3-c2ccc(Cl)cc2)CC1. The van der Waals surface area contributed by atoms with Crippen molar-refractivity contribution in [3.63, 3.8) is 0 Å². The number of carbonyl (C=O) groups is 1. The summed E-state index contributed by atoms with van der Waals surface area (Å²) in [5, 5.41) is 1.67. The van der Waals surface area contributed by atoms with Gasteiger partial charge in [-0.25, -0.2) is 9.97 Å². The molecule has 1 fully saturated rings. The average molecular weight is 524 g/mol. The molecule has 38 heavy (non-hydrogen) atoms. The highest BCUT2D eigenvalue weighted by molar-refractivity contribution is 6.30. The summed E-state index contributed by atoms with van der Waals surface area (Å²) in [4.78, 5) is 26.8. The smallest absolute Gasteiger partial charge is 0.257 e. The number of piperazine rings is 1. The van der Waals surface area contributed by atoms with E-state index in [1.165, 1.54) is 0 Å². The fourth-order valence-electron chi connectivity index (χ4n) is 5.03. The molecular formula is C30H26ClN5O2. The number of fused-ring (bicyclic) bond motifs is 1. The number of amides is 1. The van der Waals surface area contributed by atoms with Crippen LogP contribution < -0.4 is 9.64 Å². The standard InChI is InChI=1S/C30H26ClN5O2/c1-38-26-10-6-5-9-24(26)30(37)35-17-15-34(16-18-35)28-27-25(21-7-3-2-4-8-21)19-36(29(27)33-20-32-28)23-13-11-22(31)12-14-23/h2-14,19-20H,15-18H2,1H3. The molecular weight excluding hydrogens is 498 g/mol. The summed E-state index contributed by atoms with van der Waals surface area (Å²) in [5.41, 5.74) is 4.52. The number of aromatic nitrogens is 3. The van der Waals surface area contributed by atoms with Crippen LogP contribution in [0.15, 0.2) is 91.4 Å². The van der Waals surface area contributed by atoms with Crippen molar-refractivity contribution in [2.75, 3.05) is 38.2 Å². The summed E-state index contributed by atoms with van der Waals surface area (Å²) in [6.45, 7) is 2.49. The van der Waals surface area contributed by atoms with Gasteiger partial charge in [0.1, 0.15) is 17.9 Å². The maximum Gasteiger partial charge on any atom is 0.257 e. The van der Waals surface area contributed by atoms with Gasteiger partial charge in [0.25, 0.3) is 5.91 Å². The first-order chi connectivity index (χ1) is 18.6. The molecule has 0 unspecified atom stereocenters. The van der Waals surface area contributed by atoms with Crippen LogP contribution in [0.1, 0.15) is 10.4 Å². The molecule has 0 bridgehead atoms. The van der Waals surface area contributed by atoms with Crippen LogP contribution in [0.5, 0.6) is 5.75 Å². The van der Waals surface area contributed by atoms with E-state index in [9.17, 15) is 4.79 Å². The van der Waals surface area contributed by atoms with Gasteiger partial charge in [-0.3, -0.25) is 4.79 Å². The summed E-state index contributed by atoms with van der Waals surface area (Å²) < 4.78 is 7.50. The number of methoxy groups -OCH3 is 1. The highest BCUT2D eigenvalue weighted by Crippen LogP contribution is 2.37. The molecule has 0 spiro atoms. The Morgan fingerprint density at radius 2 is 1.58 bits per heavy atom. The van der Waals surface area contributed by atoms with E-state index in [4.69, 9.17) is 26.3 Å². The fraction of sp³-hybridized carbons (Fsp3) is 0.167. The molecule has 0 atom stereocenters. The molecule has 0 N–H and O–H groups in total. The molecule has 8 heteroatoms. The minimum absolute atomic E-state index is 0.0196. The maximum atomic E-state index is 13.2. The molecule has 0 radical (unpaired) electrons. The van der Waals surface area contributed by atoms with Crippen molar-refractivity contribution in [1.82, 2.24) is 19.4 Å². The Morgan fingerprint density at radius 1 is 0.868 bits per heavy atom. The highest BCUT2D eigenvalue weighted by atomic mass is 35.5. The van der Waals surface area contributed by atoms with Crippen LogP contribution in [0.2, 0.25) is 5.02 Å². The van der Waals surface area contributed by atoms with Gasteiger partial charge in [-0.05, 0) is 42.0 Å². The Kier molecular flexibility index (Phi) is 6.43. The van der Waals surface area contributed by atoms with Crippen LogP contribution in [0.3, 0.4) is 0 Å². The first-order valence-electron chi connectivity index (χ1n) is 12.5. The molecule has 1 amide bonds. The lowest BCUT2D eigenvalue weighted by Gasteiger charge is -2.36. The van der Waals surface area contributed by atoms with Gasteiger partial charge in [0.15, 0.2) is 5.65 Å². The third-order valence-corrected chi connectivity index (χ3v) is 7.21. The van der Waals surface area contributed by atoms with E-state index in [1.54, 1.807) is 13.4 Å². The molecule has 0 saturated carbocycles. The normalized spacial score (nSPS) is 13.6. The quantitative estimate of drug-likeness (QED) is 0.295. The molecule has 7 nitrogen and oxygen atoms in total. The van der Waals surface area contributed by atoms with Crippen molar-refractivity contribution in [1.29, 1.82) is 0 Å². The molecule has 0 aliphatic carbocycles. The highest BCUT2D eigenvalue weighted by Gasteiger charge is 2.27. The number of rotatable bonds is 5. The molecule has 3 heterocycles. The Morgan fingerprint density at radius 3 is 2.32 bits per heavy atom. The average Bonchev–Trinajstić information content (AvgIpc) is 3.38. The Hall–Kier alpha value is -4.36. The minimum atomic E-state index is -0.0196. The zero-order chi connectivity index (χ0) is 26.1. The van der Waals surface area contributed by atoms with Gasteiger partial charge in [0.2, 0.25) is 0 Å². The van der Waals surface area contributed by atoms with Crippen LogP contribution in [-0.2, 0) is 0 Å². The molecule has 3 aromatic carbocycles. The van der Waals surface area contributed by atoms with Gasteiger partial charge in [0, 0.05) is 48.6 Å². The summed E-state index contributed by atoms with van der Waals surface area (Å²) in [7, 11) is 1.59. The van der Waals surface area contributed by atoms with E-state index < -0.39 is 0 Å². The van der Waals surface area contributed by atoms with Gasteiger partial charge >= 0.3 is 0 Å². The molecule has 1 saturated heterocycles. The van der Waals surface area contributed by atoms with Crippen molar-refractivity contribution in [2.45, 2.75) is 0 Å². The monoisotopic (exact) mass is 523 g/mol. The first-order valence-corrected chi connectivity index (χ1v) is 12.9. The van der Waals surface area contributed by atoms with Crippen LogP contribution in [0.25, 0.3) is 27.8 Å². The second-order valence-corrected chi connectivity index (χ2v) is 9.57. The number of ether oxygens (including phenoxy) is 1. The fourth-order valence-corrected chi connectivity index (χ4v) is 5.16. The van der Waals surface area contributed by atoms with E-state index in [0.717, 1.165) is 33.7 Å². The predicted octanol–water partition coefficient (Wildman–Crippen LogP) is 5.71. The molecule has 1 aliphatic heterocycles. The zero-order valence-corrected chi connectivity index (χ0v) is 21.7. The maximum absolute atomic E-state index is 13.2. The van der Waals surface area contributed by atoms with Gasteiger partial charge < -0.3 is 19.1 Å². The van der Waals surface area contributed by atoms with E-state index in [0.29, 0.717) is 42.5 Å². The van der Waals surface area contributed by atoms with Crippen LogP contribution in [0, 0.1) is 0 Å². The Balaban J connectivity index is 1.36. The summed E-state index contributed by atoms with van der Waals surface area (Å²) in [6.07, 6.45) is 3.73. The molecule has 2 aromatic heterocycles. The lowest BCUT2D eigenvalue weighted by Crippen LogP contribution is -2.49. The summed E-state index contributed by atoms with van der Waals surface area (Å²) in [6, 6.07) is 25.4. The first kappa shape index (κ1) is 24.0. The predicted molar refractivity (Wildman–Crippen MR) is 150 cm³/mol. The van der Waals surface area contributed by atoms with Gasteiger partial charge in [-0.15, -0.1) is 0 Å². The lowest BCUT2D eigenvalue weighted by atomic mass is 10.1. The largest absolute Gasteiger partial charge is 0.496 e. The van der Waals surface area contributed by atoms with Crippen LogP contribution in [0.4, 0.5) is 5.82 Å². The molecule has 5 aromatic rings. The second kappa shape index (κ2) is 10.2. The molecule has 190 valence electrons. The van der Waals surface area contributed by atoms with Gasteiger partial charge in [0.05, 0.1) is 18.1 Å². The van der Waals surface area contributed by atoms with Crippen LogP contribution >= 0.6 is 11.6 Å². The number of halogens is 1. The van der Waals surface area contributed by atoms with E-state index >= 15 is 0 Å². The summed E-state index contributed by atoms with van der Waals surface area (Å²) in [5.74, 6) is 1.44. The third-order valence-electron chi connectivity index (χ3n) is 6.96. The van der Waals surface area contributed by atoms with Gasteiger partial charge in [-0.2, -0.15) is 0 Å². The summed E-state index contributed by atoms with van der Waals surface area (Å²) >= 11 is 6.16. The van der Waals surface area contributed by atoms with Crippen molar-refractivity contribution in [3.8, 4) is 22.6 Å². The minimum Gasteiger partial charge on any atom is -0.496 e. The lowest BCUT2D eigenvalue weighted by molar-refractivity contribution is 0.0743. The number of hydrogen-bond donors (Lipinski definition) is 0. The number of hydrogen-bond acceptors (Lipinski definition) is 5. The topological polar surface area (TPSA) is 63.5 Å². The van der Waals surface area contributed by atoms with E-state index in [1.807, 2.05) is 71.6 Å². The Bertz CT molecular complexity index is 1590. The van der Waals surface area contributed by atoms with Crippen molar-refractivity contribution in [2.24, 2.45) is 0 Å². The van der Waals surface area contributed by atoms with Gasteiger partial charge in [-0.1, -0.05) is 54.1 Å². The number of para-hydroxylation sites is 1. The van der Waals surface area contributed by atoms with Crippen molar-refractivity contribution >= 4 is 34.4 Å². The number of benzene rings is 3. The van der Waals surface area contributed by atoms with Crippen LogP contribution in [-0.4, -0.2) is 58.6 Å². The van der Waals surface area contributed by atoms with E-state index in [2.05, 4.69) is 27.8 Å². The second-order valence-electron chi connectivity index (χ2n) is 9.13. The Labute approximate surface area is 225 Å². The van der Waals surface area contributed by atoms with Crippen molar-refractivity contribution < 1.29 is 9.53 Å². The number of nitrogens with zero attached hydrogens (tertiary/aromatic N) is 5. The molecule has 1 aliphatic rings. The number of anilines is 1. The van der Waals surface area contributed by atoms with Crippen molar-refractivity contribution in [3.05, 3.63) is 102 Å². The number of carbonyl (C=O) groups excluding carboxylic acids is 1. The molecule has 6 rings (SSSR count). The zero-order valence-electron chi connectivity index (χ0n) is 20.9.